The van der Waals surface area contributed by atoms with Crippen molar-refractivity contribution in [3.63, 3.8) is 0 Å². The predicted molar refractivity (Wildman–Crippen MR) is 172 cm³/mol. The van der Waals surface area contributed by atoms with Crippen LogP contribution in [-0.2, 0) is 17.6 Å². The van der Waals surface area contributed by atoms with Crippen molar-refractivity contribution in [1.82, 2.24) is 10.2 Å². The van der Waals surface area contributed by atoms with Crippen molar-refractivity contribution in [3.05, 3.63) is 82.0 Å². The van der Waals surface area contributed by atoms with Gasteiger partial charge in [0.05, 0.1) is 45.6 Å². The van der Waals surface area contributed by atoms with Gasteiger partial charge >= 0.3 is 0 Å². The Kier molecular flexibility index (Phi) is 8.54. The fraction of sp³-hybridized carbons (Fsp3) is 0.343. The van der Waals surface area contributed by atoms with Gasteiger partial charge < -0.3 is 33.1 Å². The number of fused-ring (bicyclic) bond motifs is 2. The number of benzene rings is 2. The van der Waals surface area contributed by atoms with E-state index in [9.17, 15) is 14.4 Å². The van der Waals surface area contributed by atoms with Crippen LogP contribution in [0, 0.1) is 5.92 Å². The summed E-state index contributed by atoms with van der Waals surface area (Å²) in [4.78, 5) is 44.6. The van der Waals surface area contributed by atoms with E-state index in [0.29, 0.717) is 34.2 Å². The molecule has 2 aromatic carbocycles. The lowest BCUT2D eigenvalue weighted by atomic mass is 9.70. The normalized spacial score (nSPS) is 18.9. The number of carbonyl (C=O) groups is 3. The van der Waals surface area contributed by atoms with Crippen molar-refractivity contribution >= 4 is 29.1 Å². The van der Waals surface area contributed by atoms with Gasteiger partial charge in [-0.05, 0) is 50.5 Å². The summed E-state index contributed by atoms with van der Waals surface area (Å²) in [6.07, 6.45) is 1.57. The van der Waals surface area contributed by atoms with Crippen LogP contribution in [0.1, 0.15) is 50.8 Å². The fourth-order valence-corrected chi connectivity index (χ4v) is 6.69. The zero-order valence-electron chi connectivity index (χ0n) is 26.9. The molecule has 1 aliphatic heterocycles. The summed E-state index contributed by atoms with van der Waals surface area (Å²) in [6.45, 7) is 2.00. The zero-order valence-corrected chi connectivity index (χ0v) is 27.7. The van der Waals surface area contributed by atoms with Crippen LogP contribution >= 0.6 is 11.6 Å². The van der Waals surface area contributed by atoms with E-state index < -0.39 is 23.1 Å². The van der Waals surface area contributed by atoms with Crippen molar-refractivity contribution in [2.24, 2.45) is 5.92 Å². The Labute approximate surface area is 276 Å². The van der Waals surface area contributed by atoms with Crippen molar-refractivity contribution in [3.8, 4) is 34.3 Å². The predicted octanol–water partition coefficient (Wildman–Crippen LogP) is 5.57. The maximum absolute atomic E-state index is 14.8. The first-order valence-electron chi connectivity index (χ1n) is 15.0. The molecule has 1 aliphatic carbocycles. The number of hydrogen-bond acceptors (Lipinski definition) is 10. The topological polar surface area (TPSA) is 130 Å². The Balaban J connectivity index is 1.42. The smallest absolute Gasteiger partial charge is 0.237 e. The van der Waals surface area contributed by atoms with Crippen molar-refractivity contribution < 1.29 is 42.2 Å². The van der Waals surface area contributed by atoms with Crippen LogP contribution in [0.3, 0.4) is 0 Å². The number of ether oxygens (including phenoxy) is 4. The molecule has 0 radical (unpaired) electrons. The SMILES string of the molecule is COc1ccc(-c2oc3c(c2CC(=O)NCC(c2ccco2)N(C)C)C(=O)C2(Oc4c(Cl)c(OC)cc(OC)c4C2=O)C(C)C3)cc1. The van der Waals surface area contributed by atoms with Crippen LogP contribution in [0.4, 0.5) is 0 Å². The summed E-state index contributed by atoms with van der Waals surface area (Å²) < 4.78 is 34.5. The number of hydrogen-bond donors (Lipinski definition) is 1. The first kappa shape index (κ1) is 32.2. The Hall–Kier alpha value is -4.74. The Morgan fingerprint density at radius 1 is 1.04 bits per heavy atom. The largest absolute Gasteiger partial charge is 0.497 e. The Morgan fingerprint density at radius 3 is 2.36 bits per heavy atom. The van der Waals surface area contributed by atoms with Gasteiger partial charge in [-0.15, -0.1) is 0 Å². The second kappa shape index (κ2) is 12.5. The van der Waals surface area contributed by atoms with Crippen molar-refractivity contribution in [2.45, 2.75) is 31.4 Å². The highest BCUT2D eigenvalue weighted by Crippen LogP contribution is 2.54. The van der Waals surface area contributed by atoms with Gasteiger partial charge in [0, 0.05) is 36.1 Å². The minimum absolute atomic E-state index is 0.0161. The number of furan rings is 2. The summed E-state index contributed by atoms with van der Waals surface area (Å²) in [5, 5.41) is 3.03. The van der Waals surface area contributed by atoms with Gasteiger partial charge in [-0.1, -0.05) is 18.5 Å². The summed E-state index contributed by atoms with van der Waals surface area (Å²) in [5.74, 6) is 0.272. The minimum atomic E-state index is -1.96. The summed E-state index contributed by atoms with van der Waals surface area (Å²) >= 11 is 6.61. The van der Waals surface area contributed by atoms with E-state index in [1.807, 2.05) is 25.1 Å². The van der Waals surface area contributed by atoms with Crippen molar-refractivity contribution in [2.75, 3.05) is 42.0 Å². The molecule has 2 aliphatic rings. The summed E-state index contributed by atoms with van der Waals surface area (Å²) in [6, 6.07) is 12.0. The molecule has 3 atom stereocenters. The number of methoxy groups -OCH3 is 3. The van der Waals surface area contributed by atoms with E-state index in [0.717, 1.165) is 0 Å². The van der Waals surface area contributed by atoms with E-state index >= 15 is 0 Å². The van der Waals surface area contributed by atoms with Gasteiger partial charge in [-0.25, -0.2) is 0 Å². The van der Waals surface area contributed by atoms with Crippen LogP contribution in [0.2, 0.25) is 5.02 Å². The molecule has 1 amide bonds. The third kappa shape index (κ3) is 5.23. The lowest BCUT2D eigenvalue weighted by molar-refractivity contribution is -0.120. The number of carbonyl (C=O) groups excluding carboxylic acids is 3. The van der Waals surface area contributed by atoms with Crippen LogP contribution in [-0.4, -0.2) is 69.9 Å². The highest BCUT2D eigenvalue weighted by molar-refractivity contribution is 6.36. The first-order chi connectivity index (χ1) is 22.5. The standard InChI is InChI=1S/C35H35ClN2O9/c1-18-14-25-28(33(40)35(18)34(41)29-24(43-5)16-26(44-6)30(36)32(29)47-35)21(31(46-25)19-9-11-20(42-4)12-10-19)15-27(39)37-17-22(38(2)3)23-8-7-13-45-23/h7-13,16,18,22H,14-15,17H2,1-6H3,(H,37,39). The first-order valence-corrected chi connectivity index (χ1v) is 15.4. The molecule has 6 rings (SSSR count). The number of Topliss-reactive ketones (excluding diaryl/α,β-unsaturated/α-hetero) is 2. The molecule has 11 nitrogen and oxygen atoms in total. The highest BCUT2D eigenvalue weighted by atomic mass is 35.5. The Bertz CT molecular complexity index is 1850. The fourth-order valence-electron chi connectivity index (χ4n) is 6.43. The second-order valence-electron chi connectivity index (χ2n) is 11.8. The van der Waals surface area contributed by atoms with E-state index in [1.54, 1.807) is 50.6 Å². The molecule has 3 unspecified atom stereocenters. The van der Waals surface area contributed by atoms with Gasteiger partial charge in [-0.2, -0.15) is 0 Å². The Morgan fingerprint density at radius 2 is 1.74 bits per heavy atom. The van der Waals surface area contributed by atoms with Crippen LogP contribution in [0.5, 0.6) is 23.0 Å². The molecule has 0 bridgehead atoms. The van der Waals surface area contributed by atoms with Gasteiger partial charge in [0.2, 0.25) is 23.1 Å². The van der Waals surface area contributed by atoms with Gasteiger partial charge in [0.15, 0.2) is 5.75 Å². The van der Waals surface area contributed by atoms with Gasteiger partial charge in [0.1, 0.15) is 45.1 Å². The third-order valence-corrected chi connectivity index (χ3v) is 9.28. The maximum Gasteiger partial charge on any atom is 0.237 e. The van der Waals surface area contributed by atoms with Crippen LogP contribution < -0.4 is 24.3 Å². The molecule has 0 fully saturated rings. The zero-order chi connectivity index (χ0) is 33.6. The quantitative estimate of drug-likeness (QED) is 0.215. The number of nitrogens with zero attached hydrogens (tertiary/aromatic N) is 1. The number of nitrogens with one attached hydrogen (secondary N) is 1. The van der Waals surface area contributed by atoms with E-state index in [2.05, 4.69) is 5.32 Å². The molecule has 12 heteroatoms. The number of amides is 1. The monoisotopic (exact) mass is 662 g/mol. The number of ketones is 2. The summed E-state index contributed by atoms with van der Waals surface area (Å²) in [7, 11) is 8.18. The summed E-state index contributed by atoms with van der Waals surface area (Å²) in [5.41, 5.74) is -0.771. The average molecular weight is 663 g/mol. The number of rotatable bonds is 10. The lowest BCUT2D eigenvalue weighted by Crippen LogP contribution is -2.56. The molecule has 1 spiro atoms. The van der Waals surface area contributed by atoms with E-state index in [1.165, 1.54) is 20.3 Å². The van der Waals surface area contributed by atoms with Crippen LogP contribution in [0.15, 0.2) is 57.6 Å². The maximum atomic E-state index is 14.8. The minimum Gasteiger partial charge on any atom is -0.497 e. The average Bonchev–Trinajstić information content (AvgIpc) is 3.79. The third-order valence-electron chi connectivity index (χ3n) is 8.93. The molecule has 47 heavy (non-hydrogen) atoms. The molecule has 1 N–H and O–H groups in total. The molecule has 0 saturated carbocycles. The molecule has 2 aromatic heterocycles. The van der Waals surface area contributed by atoms with Gasteiger partial charge in [-0.3, -0.25) is 19.3 Å². The molecular weight excluding hydrogens is 628 g/mol. The molecule has 4 aromatic rings. The van der Waals surface area contributed by atoms with Gasteiger partial charge in [0.25, 0.3) is 0 Å². The molecular formula is C35H35ClN2O9. The van der Waals surface area contributed by atoms with Crippen molar-refractivity contribution in [1.29, 1.82) is 0 Å². The number of halogens is 1. The second-order valence-corrected chi connectivity index (χ2v) is 12.2. The highest BCUT2D eigenvalue weighted by Gasteiger charge is 2.63. The molecule has 3 heterocycles. The number of likely N-dealkylation sites (N-methyl/N-ethyl adjacent to an activating group) is 1. The lowest BCUT2D eigenvalue weighted by Gasteiger charge is -2.35. The molecule has 246 valence electrons. The van der Waals surface area contributed by atoms with E-state index in [-0.39, 0.29) is 64.7 Å². The van der Waals surface area contributed by atoms with E-state index in [4.69, 9.17) is 39.4 Å². The molecule has 0 saturated heterocycles. The van der Waals surface area contributed by atoms with Crippen LogP contribution in [0.25, 0.3) is 11.3 Å².